The van der Waals surface area contributed by atoms with Gasteiger partial charge in [0.1, 0.15) is 5.69 Å². The standard InChI is InChI=1S/C17H22N6O2/c24-16(19-6-7-23-8-10-25-11-9-23)15-3-5-20-17(22-15)21-13-14-2-1-4-18-12-14/h1-5,12H,6-11,13H2,(H,19,24)(H,20,21,22). The van der Waals surface area contributed by atoms with Crippen LogP contribution in [0.2, 0.25) is 0 Å². The van der Waals surface area contributed by atoms with E-state index >= 15 is 0 Å². The number of nitrogens with one attached hydrogen (secondary N) is 2. The first-order valence-corrected chi connectivity index (χ1v) is 8.35. The van der Waals surface area contributed by atoms with Gasteiger partial charge in [0.15, 0.2) is 0 Å². The maximum atomic E-state index is 12.2. The summed E-state index contributed by atoms with van der Waals surface area (Å²) < 4.78 is 5.31. The number of anilines is 1. The largest absolute Gasteiger partial charge is 0.379 e. The van der Waals surface area contributed by atoms with Crippen molar-refractivity contribution in [2.24, 2.45) is 0 Å². The second-order valence-corrected chi connectivity index (χ2v) is 5.69. The van der Waals surface area contributed by atoms with E-state index in [1.807, 2.05) is 12.1 Å². The summed E-state index contributed by atoms with van der Waals surface area (Å²) in [6.07, 6.45) is 5.08. The van der Waals surface area contributed by atoms with E-state index in [1.54, 1.807) is 24.7 Å². The van der Waals surface area contributed by atoms with Crippen LogP contribution in [0.4, 0.5) is 5.95 Å². The smallest absolute Gasteiger partial charge is 0.270 e. The molecule has 2 N–H and O–H groups in total. The first-order chi connectivity index (χ1) is 12.3. The Bertz CT molecular complexity index is 676. The van der Waals surface area contributed by atoms with Gasteiger partial charge in [0.2, 0.25) is 5.95 Å². The van der Waals surface area contributed by atoms with Gasteiger partial charge in [-0.15, -0.1) is 0 Å². The van der Waals surface area contributed by atoms with Gasteiger partial charge in [-0.25, -0.2) is 9.97 Å². The molecule has 0 unspecified atom stereocenters. The van der Waals surface area contributed by atoms with Crippen LogP contribution in [0.25, 0.3) is 0 Å². The number of ether oxygens (including phenoxy) is 1. The fourth-order valence-electron chi connectivity index (χ4n) is 2.50. The van der Waals surface area contributed by atoms with Crippen molar-refractivity contribution >= 4 is 11.9 Å². The minimum atomic E-state index is -0.194. The summed E-state index contributed by atoms with van der Waals surface area (Å²) in [5, 5.41) is 6.00. The van der Waals surface area contributed by atoms with E-state index in [0.29, 0.717) is 24.7 Å². The topological polar surface area (TPSA) is 92.3 Å². The molecule has 1 saturated heterocycles. The van der Waals surface area contributed by atoms with E-state index in [1.165, 1.54) is 0 Å². The average molecular weight is 342 g/mol. The first kappa shape index (κ1) is 17.2. The van der Waals surface area contributed by atoms with Crippen LogP contribution in [-0.4, -0.2) is 65.2 Å². The highest BCUT2D eigenvalue weighted by atomic mass is 16.5. The van der Waals surface area contributed by atoms with Crippen LogP contribution in [0.5, 0.6) is 0 Å². The van der Waals surface area contributed by atoms with Gasteiger partial charge in [-0.05, 0) is 17.7 Å². The maximum absolute atomic E-state index is 12.2. The number of carbonyl (C=O) groups excluding carboxylic acids is 1. The minimum absolute atomic E-state index is 0.194. The van der Waals surface area contributed by atoms with E-state index in [4.69, 9.17) is 4.74 Å². The molecule has 0 atom stereocenters. The summed E-state index contributed by atoms with van der Waals surface area (Å²) in [4.78, 5) is 27.0. The van der Waals surface area contributed by atoms with Gasteiger partial charge in [-0.2, -0.15) is 0 Å². The highest BCUT2D eigenvalue weighted by Gasteiger charge is 2.12. The van der Waals surface area contributed by atoms with Crippen molar-refractivity contribution in [2.45, 2.75) is 6.54 Å². The third kappa shape index (κ3) is 5.47. The van der Waals surface area contributed by atoms with Gasteiger partial charge in [0.05, 0.1) is 13.2 Å². The van der Waals surface area contributed by atoms with Gasteiger partial charge in [-0.3, -0.25) is 14.7 Å². The number of nitrogens with zero attached hydrogens (tertiary/aromatic N) is 4. The molecule has 0 bridgehead atoms. The summed E-state index contributed by atoms with van der Waals surface area (Å²) in [7, 11) is 0. The van der Waals surface area contributed by atoms with E-state index < -0.39 is 0 Å². The van der Waals surface area contributed by atoms with Crippen molar-refractivity contribution < 1.29 is 9.53 Å². The summed E-state index contributed by atoms with van der Waals surface area (Å²) in [5.41, 5.74) is 1.37. The molecule has 3 heterocycles. The second-order valence-electron chi connectivity index (χ2n) is 5.69. The molecule has 1 aliphatic heterocycles. The SMILES string of the molecule is O=C(NCCN1CCOCC1)c1ccnc(NCc2cccnc2)n1. The van der Waals surface area contributed by atoms with Crippen molar-refractivity contribution in [3.05, 3.63) is 48.0 Å². The molecule has 1 amide bonds. The predicted octanol–water partition coefficient (Wildman–Crippen LogP) is 0.546. The summed E-state index contributed by atoms with van der Waals surface area (Å²) in [5.74, 6) is 0.227. The zero-order chi connectivity index (χ0) is 17.3. The van der Waals surface area contributed by atoms with Crippen LogP contribution in [0, 0.1) is 0 Å². The molecule has 8 nitrogen and oxygen atoms in total. The van der Waals surface area contributed by atoms with E-state index in [0.717, 1.165) is 38.4 Å². The summed E-state index contributed by atoms with van der Waals surface area (Å²) >= 11 is 0. The number of hydrogen-bond donors (Lipinski definition) is 2. The van der Waals surface area contributed by atoms with Gasteiger partial charge in [-0.1, -0.05) is 6.07 Å². The number of carbonyl (C=O) groups is 1. The fraction of sp³-hybridized carbons (Fsp3) is 0.412. The highest BCUT2D eigenvalue weighted by Crippen LogP contribution is 2.04. The number of aromatic nitrogens is 3. The predicted molar refractivity (Wildman–Crippen MR) is 93.2 cm³/mol. The van der Waals surface area contributed by atoms with Crippen LogP contribution in [0.3, 0.4) is 0 Å². The Labute approximate surface area is 146 Å². The molecule has 0 spiro atoms. The molecule has 0 aromatic carbocycles. The van der Waals surface area contributed by atoms with Crippen molar-refractivity contribution in [3.8, 4) is 0 Å². The van der Waals surface area contributed by atoms with Gasteiger partial charge in [0, 0.05) is 51.3 Å². The number of amides is 1. The highest BCUT2D eigenvalue weighted by molar-refractivity contribution is 5.92. The van der Waals surface area contributed by atoms with Crippen LogP contribution in [0.15, 0.2) is 36.8 Å². The lowest BCUT2D eigenvalue weighted by Gasteiger charge is -2.26. The van der Waals surface area contributed by atoms with Gasteiger partial charge >= 0.3 is 0 Å². The molecule has 1 fully saturated rings. The molecular weight excluding hydrogens is 320 g/mol. The van der Waals surface area contributed by atoms with Crippen LogP contribution in [-0.2, 0) is 11.3 Å². The molecule has 8 heteroatoms. The van der Waals surface area contributed by atoms with Gasteiger partial charge in [0.25, 0.3) is 5.91 Å². The molecular formula is C17H22N6O2. The van der Waals surface area contributed by atoms with E-state index in [2.05, 4.69) is 30.5 Å². The lowest BCUT2D eigenvalue weighted by Crippen LogP contribution is -2.41. The van der Waals surface area contributed by atoms with Crippen LogP contribution < -0.4 is 10.6 Å². The maximum Gasteiger partial charge on any atom is 0.270 e. The number of pyridine rings is 1. The summed E-state index contributed by atoms with van der Waals surface area (Å²) in [6, 6.07) is 5.44. The first-order valence-electron chi connectivity index (χ1n) is 8.35. The van der Waals surface area contributed by atoms with Gasteiger partial charge < -0.3 is 15.4 Å². The molecule has 132 valence electrons. The van der Waals surface area contributed by atoms with E-state index in [9.17, 15) is 4.79 Å². The van der Waals surface area contributed by atoms with Crippen molar-refractivity contribution in [2.75, 3.05) is 44.7 Å². The Balaban J connectivity index is 1.47. The minimum Gasteiger partial charge on any atom is -0.379 e. The summed E-state index contributed by atoms with van der Waals surface area (Å²) in [6.45, 7) is 5.28. The lowest BCUT2D eigenvalue weighted by molar-refractivity contribution is 0.0383. The zero-order valence-electron chi connectivity index (χ0n) is 14.0. The Hall–Kier alpha value is -2.58. The van der Waals surface area contributed by atoms with Crippen molar-refractivity contribution in [3.63, 3.8) is 0 Å². The Morgan fingerprint density at radius 2 is 2.12 bits per heavy atom. The molecule has 1 aliphatic rings. The van der Waals surface area contributed by atoms with Crippen LogP contribution >= 0.6 is 0 Å². The Morgan fingerprint density at radius 3 is 2.92 bits per heavy atom. The molecule has 2 aromatic heterocycles. The molecule has 2 aromatic rings. The molecule has 0 aliphatic carbocycles. The quantitative estimate of drug-likeness (QED) is 0.759. The molecule has 25 heavy (non-hydrogen) atoms. The fourth-order valence-corrected chi connectivity index (χ4v) is 2.50. The Kier molecular flexibility index (Phi) is 6.24. The zero-order valence-corrected chi connectivity index (χ0v) is 14.0. The van der Waals surface area contributed by atoms with Crippen molar-refractivity contribution in [1.82, 2.24) is 25.2 Å². The van der Waals surface area contributed by atoms with Crippen molar-refractivity contribution in [1.29, 1.82) is 0 Å². The molecule has 0 saturated carbocycles. The number of morpholine rings is 1. The van der Waals surface area contributed by atoms with Crippen LogP contribution in [0.1, 0.15) is 16.1 Å². The normalized spacial score (nSPS) is 14.9. The monoisotopic (exact) mass is 342 g/mol. The number of rotatable bonds is 7. The third-order valence-corrected chi connectivity index (χ3v) is 3.88. The lowest BCUT2D eigenvalue weighted by atomic mass is 10.3. The third-order valence-electron chi connectivity index (χ3n) is 3.88. The average Bonchev–Trinajstić information content (AvgIpc) is 2.68. The molecule has 0 radical (unpaired) electrons. The molecule has 3 rings (SSSR count). The second kappa shape index (κ2) is 9.05. The number of hydrogen-bond acceptors (Lipinski definition) is 7. The van der Waals surface area contributed by atoms with E-state index in [-0.39, 0.29) is 5.91 Å². The Morgan fingerprint density at radius 1 is 1.24 bits per heavy atom.